The van der Waals surface area contributed by atoms with Gasteiger partial charge in [0.25, 0.3) is 0 Å². The zero-order valence-corrected chi connectivity index (χ0v) is 15.1. The highest BCUT2D eigenvalue weighted by Crippen LogP contribution is 2.32. The molecule has 1 aromatic carbocycles. The van der Waals surface area contributed by atoms with Gasteiger partial charge < -0.3 is 9.47 Å². The fourth-order valence-electron chi connectivity index (χ4n) is 3.67. The highest BCUT2D eigenvalue weighted by molar-refractivity contribution is 5.72. The molecule has 0 aliphatic carbocycles. The third kappa shape index (κ3) is 3.22. The van der Waals surface area contributed by atoms with E-state index < -0.39 is 0 Å². The molecule has 0 saturated carbocycles. The number of fused-ring (bicyclic) bond motifs is 1. The van der Waals surface area contributed by atoms with Crippen LogP contribution in [0, 0.1) is 0 Å². The number of hydrogen-bond acceptors (Lipinski definition) is 6. The number of nitrogens with one attached hydrogen (secondary N) is 1. The van der Waals surface area contributed by atoms with Crippen molar-refractivity contribution < 1.29 is 9.47 Å². The number of nitrogens with zero attached hydrogens (tertiary/aromatic N) is 4. The minimum absolute atomic E-state index is 0.457. The Kier molecular flexibility index (Phi) is 4.71. The highest BCUT2D eigenvalue weighted by atomic mass is 16.5. The zero-order valence-electron chi connectivity index (χ0n) is 15.1. The van der Waals surface area contributed by atoms with Crippen LogP contribution in [0.5, 0.6) is 11.5 Å². The highest BCUT2D eigenvalue weighted by Gasteiger charge is 2.24. The van der Waals surface area contributed by atoms with E-state index in [0.29, 0.717) is 11.6 Å². The first kappa shape index (κ1) is 16.8. The Balaban J connectivity index is 1.41. The first-order chi connectivity index (χ1) is 12.8. The van der Waals surface area contributed by atoms with Crippen LogP contribution in [0.4, 0.5) is 0 Å². The van der Waals surface area contributed by atoms with E-state index in [9.17, 15) is 0 Å². The average molecular weight is 353 g/mol. The molecule has 1 N–H and O–H groups in total. The Morgan fingerprint density at radius 1 is 1.08 bits per heavy atom. The van der Waals surface area contributed by atoms with Gasteiger partial charge in [-0.3, -0.25) is 10.00 Å². The number of H-pyrrole nitrogens is 1. The van der Waals surface area contributed by atoms with Crippen molar-refractivity contribution in [1.82, 2.24) is 25.1 Å². The largest absolute Gasteiger partial charge is 0.493 e. The molecule has 0 unspecified atom stereocenters. The van der Waals surface area contributed by atoms with Gasteiger partial charge in [-0.2, -0.15) is 5.10 Å². The van der Waals surface area contributed by atoms with E-state index in [0.717, 1.165) is 55.2 Å². The van der Waals surface area contributed by atoms with Gasteiger partial charge in [0.05, 0.1) is 19.9 Å². The van der Waals surface area contributed by atoms with Crippen LogP contribution >= 0.6 is 0 Å². The summed E-state index contributed by atoms with van der Waals surface area (Å²) in [5.74, 6) is 2.00. The summed E-state index contributed by atoms with van der Waals surface area (Å²) >= 11 is 0. The van der Waals surface area contributed by atoms with Gasteiger partial charge in [-0.25, -0.2) is 9.97 Å². The maximum absolute atomic E-state index is 5.41. The standard InChI is InChI=1S/C19H23N5O2/c1-25-15-4-3-13(11-16(15)26-2)12-24-9-5-14(6-10-24)17-18-19(23-22-17)21-8-7-20-18/h3-4,7-8,11,14H,5-6,9-10,12H2,1-2H3,(H,21,22,23). The van der Waals surface area contributed by atoms with Crippen molar-refractivity contribution in [1.29, 1.82) is 0 Å². The summed E-state index contributed by atoms with van der Waals surface area (Å²) in [6.07, 6.45) is 5.58. The summed E-state index contributed by atoms with van der Waals surface area (Å²) < 4.78 is 10.7. The minimum Gasteiger partial charge on any atom is -0.493 e. The second kappa shape index (κ2) is 7.29. The lowest BCUT2D eigenvalue weighted by Gasteiger charge is -2.31. The van der Waals surface area contributed by atoms with Crippen LogP contribution in [-0.4, -0.2) is 52.4 Å². The molecule has 7 nitrogen and oxygen atoms in total. The van der Waals surface area contributed by atoms with Gasteiger partial charge >= 0.3 is 0 Å². The Labute approximate surface area is 152 Å². The van der Waals surface area contributed by atoms with Crippen molar-refractivity contribution in [3.8, 4) is 11.5 Å². The molecule has 1 saturated heterocycles. The molecule has 26 heavy (non-hydrogen) atoms. The number of aromatic amines is 1. The van der Waals surface area contributed by atoms with Crippen LogP contribution in [0.2, 0.25) is 0 Å². The maximum atomic E-state index is 5.41. The van der Waals surface area contributed by atoms with Gasteiger partial charge in [-0.1, -0.05) is 6.07 Å². The minimum atomic E-state index is 0.457. The molecule has 136 valence electrons. The van der Waals surface area contributed by atoms with E-state index in [-0.39, 0.29) is 0 Å². The molecule has 2 aromatic heterocycles. The predicted octanol–water partition coefficient (Wildman–Crippen LogP) is 2.75. The normalized spacial score (nSPS) is 16.1. The van der Waals surface area contributed by atoms with Crippen LogP contribution in [-0.2, 0) is 6.54 Å². The monoisotopic (exact) mass is 353 g/mol. The quantitative estimate of drug-likeness (QED) is 0.760. The molecular formula is C19H23N5O2. The van der Waals surface area contributed by atoms with E-state index in [2.05, 4.69) is 37.2 Å². The van der Waals surface area contributed by atoms with Crippen molar-refractivity contribution in [2.45, 2.75) is 25.3 Å². The SMILES string of the molecule is COc1ccc(CN2CCC(c3[nH]nc4nccnc34)CC2)cc1OC. The van der Waals surface area contributed by atoms with Crippen molar-refractivity contribution in [2.75, 3.05) is 27.3 Å². The number of likely N-dealkylation sites (tertiary alicyclic amines) is 1. The first-order valence-electron chi connectivity index (χ1n) is 8.86. The van der Waals surface area contributed by atoms with Gasteiger partial charge in [0, 0.05) is 24.9 Å². The molecule has 0 atom stereocenters. The summed E-state index contributed by atoms with van der Waals surface area (Å²) in [5, 5.41) is 7.43. The number of hydrogen-bond donors (Lipinski definition) is 1. The van der Waals surface area contributed by atoms with E-state index in [1.54, 1.807) is 26.6 Å². The Morgan fingerprint density at radius 3 is 2.62 bits per heavy atom. The summed E-state index contributed by atoms with van der Waals surface area (Å²) in [5.41, 5.74) is 3.97. The number of aromatic nitrogens is 4. The third-order valence-corrected chi connectivity index (χ3v) is 5.07. The second-order valence-corrected chi connectivity index (χ2v) is 6.61. The molecular weight excluding hydrogens is 330 g/mol. The van der Waals surface area contributed by atoms with E-state index in [4.69, 9.17) is 9.47 Å². The molecule has 3 heterocycles. The van der Waals surface area contributed by atoms with Crippen LogP contribution in [0.1, 0.15) is 30.0 Å². The number of piperidine rings is 1. The van der Waals surface area contributed by atoms with Crippen molar-refractivity contribution in [2.24, 2.45) is 0 Å². The number of ether oxygens (including phenoxy) is 2. The van der Waals surface area contributed by atoms with E-state index >= 15 is 0 Å². The second-order valence-electron chi connectivity index (χ2n) is 6.61. The molecule has 0 radical (unpaired) electrons. The smallest absolute Gasteiger partial charge is 0.199 e. The zero-order chi connectivity index (χ0) is 17.9. The van der Waals surface area contributed by atoms with Gasteiger partial charge in [-0.15, -0.1) is 0 Å². The fourth-order valence-corrected chi connectivity index (χ4v) is 3.67. The van der Waals surface area contributed by atoms with Crippen LogP contribution in [0.25, 0.3) is 11.2 Å². The van der Waals surface area contributed by atoms with Gasteiger partial charge in [0.1, 0.15) is 5.52 Å². The predicted molar refractivity (Wildman–Crippen MR) is 98.5 cm³/mol. The van der Waals surface area contributed by atoms with Gasteiger partial charge in [0.2, 0.25) is 0 Å². The molecule has 7 heteroatoms. The van der Waals surface area contributed by atoms with Crippen LogP contribution < -0.4 is 9.47 Å². The molecule has 3 aromatic rings. The molecule has 4 rings (SSSR count). The maximum Gasteiger partial charge on any atom is 0.199 e. The number of methoxy groups -OCH3 is 2. The lowest BCUT2D eigenvalue weighted by atomic mass is 9.93. The molecule has 0 spiro atoms. The first-order valence-corrected chi connectivity index (χ1v) is 8.86. The van der Waals surface area contributed by atoms with Crippen molar-refractivity contribution >= 4 is 11.2 Å². The summed E-state index contributed by atoms with van der Waals surface area (Å²) in [7, 11) is 3.33. The average Bonchev–Trinajstić information content (AvgIpc) is 3.12. The van der Waals surface area contributed by atoms with Crippen molar-refractivity contribution in [3.05, 3.63) is 41.9 Å². The summed E-state index contributed by atoms with van der Waals surface area (Å²) in [6, 6.07) is 6.13. The molecule has 1 fully saturated rings. The number of benzene rings is 1. The number of rotatable bonds is 5. The Bertz CT molecular complexity index is 887. The Hall–Kier alpha value is -2.67. The molecule has 0 bridgehead atoms. The molecule has 0 amide bonds. The summed E-state index contributed by atoms with van der Waals surface area (Å²) in [4.78, 5) is 11.2. The van der Waals surface area contributed by atoms with E-state index in [1.165, 1.54) is 5.56 Å². The van der Waals surface area contributed by atoms with E-state index in [1.807, 2.05) is 6.07 Å². The molecule has 1 aliphatic heterocycles. The van der Waals surface area contributed by atoms with Gasteiger partial charge in [0.15, 0.2) is 17.1 Å². The van der Waals surface area contributed by atoms with Crippen molar-refractivity contribution in [3.63, 3.8) is 0 Å². The lowest BCUT2D eigenvalue weighted by Crippen LogP contribution is -2.32. The van der Waals surface area contributed by atoms with Gasteiger partial charge in [-0.05, 0) is 43.6 Å². The Morgan fingerprint density at radius 2 is 1.85 bits per heavy atom. The lowest BCUT2D eigenvalue weighted by molar-refractivity contribution is 0.203. The summed E-state index contributed by atoms with van der Waals surface area (Å²) in [6.45, 7) is 3.00. The third-order valence-electron chi connectivity index (χ3n) is 5.07. The van der Waals surface area contributed by atoms with Crippen LogP contribution in [0.15, 0.2) is 30.6 Å². The fraction of sp³-hybridized carbons (Fsp3) is 0.421. The topological polar surface area (TPSA) is 76.2 Å². The molecule has 1 aliphatic rings. The van der Waals surface area contributed by atoms with Crippen LogP contribution in [0.3, 0.4) is 0 Å².